The molecule has 3 aromatic rings. The number of pyridine rings is 1. The number of halogens is 2. The average Bonchev–Trinajstić information content (AvgIpc) is 2.83. The number of nitriles is 1. The predicted molar refractivity (Wildman–Crippen MR) is 123 cm³/mol. The highest BCUT2D eigenvalue weighted by Crippen LogP contribution is 2.32. The molecule has 33 heavy (non-hydrogen) atoms. The molecule has 0 unspecified atom stereocenters. The number of rotatable bonds is 6. The number of benzene rings is 2. The smallest absolute Gasteiger partial charge is 0.271 e. The number of aromatic nitrogens is 1. The number of fused-ring (bicyclic) bond motifs is 1. The van der Waals surface area contributed by atoms with E-state index >= 15 is 0 Å². The third-order valence-electron chi connectivity index (χ3n) is 6.27. The van der Waals surface area contributed by atoms with Gasteiger partial charge in [0.15, 0.2) is 5.78 Å². The Morgan fingerprint density at radius 1 is 1.12 bits per heavy atom. The van der Waals surface area contributed by atoms with Crippen LogP contribution in [0.2, 0.25) is 0 Å². The number of anilines is 1. The first-order valence-electron chi connectivity index (χ1n) is 10.8. The van der Waals surface area contributed by atoms with Crippen LogP contribution in [0, 0.1) is 28.9 Å². The summed E-state index contributed by atoms with van der Waals surface area (Å²) in [5.74, 6) is -0.918. The predicted octanol–water partition coefficient (Wildman–Crippen LogP) is 4.93. The molecule has 168 valence electrons. The second-order valence-electron chi connectivity index (χ2n) is 8.34. The maximum Gasteiger partial charge on any atom is 0.271 e. The summed E-state index contributed by atoms with van der Waals surface area (Å²) < 4.78 is 28.8. The minimum absolute atomic E-state index is 0.0217. The molecular weight excluding hydrogens is 424 g/mol. The van der Waals surface area contributed by atoms with Crippen LogP contribution < -0.4 is 10.9 Å². The third-order valence-corrected chi connectivity index (χ3v) is 6.27. The zero-order valence-electron chi connectivity index (χ0n) is 18.0. The highest BCUT2D eigenvalue weighted by molar-refractivity contribution is 5.94. The molecule has 5 nitrogen and oxygen atoms in total. The molecule has 1 saturated carbocycles. The number of hydrogen-bond acceptors (Lipinski definition) is 4. The first-order valence-corrected chi connectivity index (χ1v) is 10.8. The van der Waals surface area contributed by atoms with Gasteiger partial charge in [0, 0.05) is 17.3 Å². The lowest BCUT2D eigenvalue weighted by Gasteiger charge is -2.29. The summed E-state index contributed by atoms with van der Waals surface area (Å²) in [7, 11) is 0. The maximum absolute atomic E-state index is 14.2. The van der Waals surface area contributed by atoms with Gasteiger partial charge in [-0.3, -0.25) is 9.59 Å². The van der Waals surface area contributed by atoms with E-state index < -0.39 is 17.2 Å². The van der Waals surface area contributed by atoms with Crippen LogP contribution in [0.4, 0.5) is 14.5 Å². The molecule has 1 aliphatic rings. The Kier molecular flexibility index (Phi) is 6.36. The van der Waals surface area contributed by atoms with Crippen molar-refractivity contribution >= 4 is 22.4 Å². The minimum atomic E-state index is -0.544. The number of allylic oxidation sites excluding steroid dienone is 1. The van der Waals surface area contributed by atoms with Gasteiger partial charge < -0.3 is 9.88 Å². The summed E-state index contributed by atoms with van der Waals surface area (Å²) >= 11 is 0. The fourth-order valence-electron chi connectivity index (χ4n) is 4.50. The zero-order valence-corrected chi connectivity index (χ0v) is 18.0. The number of carbonyl (C=O) groups is 1. The molecule has 0 radical (unpaired) electrons. The van der Waals surface area contributed by atoms with E-state index in [4.69, 9.17) is 0 Å². The molecule has 0 bridgehead atoms. The van der Waals surface area contributed by atoms with Crippen LogP contribution in [0.3, 0.4) is 0 Å². The molecule has 1 aromatic heterocycles. The molecule has 0 spiro atoms. The molecule has 1 aliphatic carbocycles. The lowest BCUT2D eigenvalue weighted by atomic mass is 9.83. The molecule has 0 aliphatic heterocycles. The van der Waals surface area contributed by atoms with Crippen molar-refractivity contribution in [2.45, 2.75) is 38.3 Å². The van der Waals surface area contributed by atoms with E-state index in [0.717, 1.165) is 0 Å². The van der Waals surface area contributed by atoms with Crippen molar-refractivity contribution < 1.29 is 13.6 Å². The van der Waals surface area contributed by atoms with E-state index in [1.165, 1.54) is 34.9 Å². The lowest BCUT2D eigenvalue weighted by molar-refractivity contribution is -0.119. The monoisotopic (exact) mass is 447 g/mol. The minimum Gasteiger partial charge on any atom is -0.381 e. The van der Waals surface area contributed by atoms with Crippen LogP contribution in [-0.4, -0.2) is 16.4 Å². The maximum atomic E-state index is 14.2. The quantitative estimate of drug-likeness (QED) is 0.544. The van der Waals surface area contributed by atoms with Gasteiger partial charge in [0.2, 0.25) is 0 Å². The highest BCUT2D eigenvalue weighted by atomic mass is 19.1. The van der Waals surface area contributed by atoms with Gasteiger partial charge in [-0.15, -0.1) is 0 Å². The molecule has 1 N–H and O–H groups in total. The molecule has 2 aromatic carbocycles. The van der Waals surface area contributed by atoms with Gasteiger partial charge in [-0.1, -0.05) is 18.7 Å². The first kappa shape index (κ1) is 22.4. The van der Waals surface area contributed by atoms with Crippen molar-refractivity contribution in [3.05, 3.63) is 88.2 Å². The second-order valence-corrected chi connectivity index (χ2v) is 8.34. The Hall–Kier alpha value is -3.79. The van der Waals surface area contributed by atoms with Gasteiger partial charge in [0.25, 0.3) is 5.56 Å². The van der Waals surface area contributed by atoms with Gasteiger partial charge in [-0.05, 0) is 67.7 Å². The fourth-order valence-corrected chi connectivity index (χ4v) is 4.50. The Bertz CT molecular complexity index is 1310. The highest BCUT2D eigenvalue weighted by Gasteiger charge is 2.26. The van der Waals surface area contributed by atoms with Gasteiger partial charge >= 0.3 is 0 Å². The summed E-state index contributed by atoms with van der Waals surface area (Å²) in [6.07, 6.45) is 4.15. The van der Waals surface area contributed by atoms with Crippen LogP contribution in [0.5, 0.6) is 0 Å². The van der Waals surface area contributed by atoms with E-state index in [-0.39, 0.29) is 29.9 Å². The molecule has 1 fully saturated rings. The van der Waals surface area contributed by atoms with Crippen molar-refractivity contribution in [1.82, 2.24) is 4.57 Å². The summed E-state index contributed by atoms with van der Waals surface area (Å²) in [4.78, 5) is 25.2. The van der Waals surface area contributed by atoms with Crippen molar-refractivity contribution in [3.63, 3.8) is 0 Å². The molecule has 0 amide bonds. The number of nitrogens with one attached hydrogen (secondary N) is 1. The second kappa shape index (κ2) is 9.37. The van der Waals surface area contributed by atoms with Gasteiger partial charge in [0.1, 0.15) is 23.3 Å². The fraction of sp³-hybridized carbons (Fsp3) is 0.269. The lowest BCUT2D eigenvalue weighted by Crippen LogP contribution is -2.31. The first-order chi connectivity index (χ1) is 15.9. The molecule has 4 rings (SSSR count). The Labute approximate surface area is 190 Å². The van der Waals surface area contributed by atoms with Crippen molar-refractivity contribution in [2.75, 3.05) is 5.32 Å². The summed E-state index contributed by atoms with van der Waals surface area (Å²) in [5.41, 5.74) is 0.782. The third kappa shape index (κ3) is 4.56. The van der Waals surface area contributed by atoms with Crippen LogP contribution in [0.15, 0.2) is 59.9 Å². The largest absolute Gasteiger partial charge is 0.381 e. The topological polar surface area (TPSA) is 74.9 Å². The van der Waals surface area contributed by atoms with Gasteiger partial charge in [-0.2, -0.15) is 5.26 Å². The molecule has 0 atom stereocenters. The van der Waals surface area contributed by atoms with E-state index in [1.54, 1.807) is 18.2 Å². The van der Waals surface area contributed by atoms with Gasteiger partial charge in [-0.25, -0.2) is 8.78 Å². The van der Waals surface area contributed by atoms with Crippen LogP contribution in [0.1, 0.15) is 36.8 Å². The van der Waals surface area contributed by atoms with E-state index in [2.05, 4.69) is 11.9 Å². The van der Waals surface area contributed by atoms with Crippen molar-refractivity contribution in [3.8, 4) is 6.07 Å². The van der Waals surface area contributed by atoms with Crippen LogP contribution in [-0.2, 0) is 11.3 Å². The molecular formula is C26H23F2N3O2. The van der Waals surface area contributed by atoms with E-state index in [9.17, 15) is 23.6 Å². The summed E-state index contributed by atoms with van der Waals surface area (Å²) in [5, 5.41) is 13.7. The Morgan fingerprint density at radius 3 is 2.42 bits per heavy atom. The zero-order chi connectivity index (χ0) is 23.5. The van der Waals surface area contributed by atoms with Crippen molar-refractivity contribution in [2.24, 2.45) is 5.92 Å². The Morgan fingerprint density at radius 2 is 1.79 bits per heavy atom. The molecule has 1 heterocycles. The average molecular weight is 447 g/mol. The van der Waals surface area contributed by atoms with Crippen LogP contribution in [0.25, 0.3) is 10.9 Å². The number of nitrogens with zero attached hydrogens (tertiary/aromatic N) is 2. The molecule has 0 saturated heterocycles. The van der Waals surface area contributed by atoms with Gasteiger partial charge in [0.05, 0.1) is 17.7 Å². The van der Waals surface area contributed by atoms with Crippen molar-refractivity contribution in [1.29, 1.82) is 5.26 Å². The summed E-state index contributed by atoms with van der Waals surface area (Å²) in [6.45, 7) is 3.62. The number of ketones is 1. The molecule has 7 heteroatoms. The van der Waals surface area contributed by atoms with E-state index in [1.807, 2.05) is 6.07 Å². The SMILES string of the molecule is C=CC(=O)C1CCC(Nc2c(C#N)c(=O)n(Cc3ccc(F)cc3)c3cc(F)ccc23)CC1. The normalized spacial score (nSPS) is 18.0. The Balaban J connectivity index is 1.74. The standard InChI is InChI=1S/C26H23F2N3O2/c1-2-24(32)17-5-10-20(11-6-17)30-25-21-12-9-19(28)13-23(21)31(26(33)22(25)14-29)15-16-3-7-18(27)8-4-16/h2-4,7-9,12-13,17,20,30H,1,5-6,10-11,15H2. The number of carbonyl (C=O) groups excluding carboxylic acids is 1. The summed E-state index contributed by atoms with van der Waals surface area (Å²) in [6, 6.07) is 11.8. The number of hydrogen-bond donors (Lipinski definition) is 1. The van der Waals surface area contributed by atoms with Crippen LogP contribution >= 0.6 is 0 Å². The van der Waals surface area contributed by atoms with E-state index in [0.29, 0.717) is 47.8 Å².